The normalized spacial score (nSPS) is 12.6. The first-order valence-electron chi connectivity index (χ1n) is 8.75. The number of carbonyl (C=O) groups is 1. The summed E-state index contributed by atoms with van der Waals surface area (Å²) >= 11 is 2.09. The van der Waals surface area contributed by atoms with Crippen LogP contribution in [0.25, 0.3) is 9.75 Å². The number of rotatable bonds is 7. The second-order valence-corrected chi connectivity index (χ2v) is 8.52. The first-order chi connectivity index (χ1) is 14.1. The number of alkyl halides is 3. The third-order valence-corrected chi connectivity index (χ3v) is 5.87. The molecule has 3 N–H and O–H groups in total. The van der Waals surface area contributed by atoms with E-state index in [0.29, 0.717) is 26.4 Å². The van der Waals surface area contributed by atoms with Crippen LogP contribution in [0.15, 0.2) is 42.6 Å². The van der Waals surface area contributed by atoms with E-state index in [1.165, 1.54) is 29.7 Å². The van der Waals surface area contributed by atoms with Crippen LogP contribution >= 0.6 is 22.7 Å². The topological polar surface area (TPSA) is 86.5 Å². The van der Waals surface area contributed by atoms with E-state index in [1.54, 1.807) is 29.6 Å². The maximum atomic E-state index is 13.2. The van der Waals surface area contributed by atoms with Crippen LogP contribution in [0.3, 0.4) is 0 Å². The van der Waals surface area contributed by atoms with Gasteiger partial charge in [-0.1, -0.05) is 11.3 Å². The van der Waals surface area contributed by atoms with Gasteiger partial charge in [-0.15, -0.1) is 11.3 Å². The first-order valence-corrected chi connectivity index (χ1v) is 10.4. The molecule has 0 aliphatic carbocycles. The van der Waals surface area contributed by atoms with Gasteiger partial charge in [0.2, 0.25) is 0 Å². The summed E-state index contributed by atoms with van der Waals surface area (Å²) in [6.07, 6.45) is -3.08. The Morgan fingerprint density at radius 3 is 2.33 bits per heavy atom. The standard InChI is InChI=1S/C19H18F3N3O3S2/c1-10(2)27-11-3-5-12(6-4-11)28-18-24-9-15(30-18)13-7-8-14(29-13)16(19(20,21)22)25-17(23)26/h3-10,16H,1-2H3,(H3,23,25,26). The van der Waals surface area contributed by atoms with Gasteiger partial charge in [-0.05, 0) is 50.2 Å². The number of amides is 2. The molecule has 1 aromatic carbocycles. The number of nitrogens with two attached hydrogens (primary N) is 1. The van der Waals surface area contributed by atoms with E-state index in [-0.39, 0.29) is 11.0 Å². The molecule has 2 amide bonds. The number of primary amides is 1. The molecule has 11 heteroatoms. The summed E-state index contributed by atoms with van der Waals surface area (Å²) in [5, 5.41) is 2.08. The lowest BCUT2D eigenvalue weighted by molar-refractivity contribution is -0.154. The molecular formula is C19H18F3N3O3S2. The average molecular weight is 457 g/mol. The summed E-state index contributed by atoms with van der Waals surface area (Å²) in [6.45, 7) is 3.86. The van der Waals surface area contributed by atoms with Crippen LogP contribution < -0.4 is 20.5 Å². The van der Waals surface area contributed by atoms with Crippen LogP contribution in [0.5, 0.6) is 16.7 Å². The van der Waals surface area contributed by atoms with Crippen molar-refractivity contribution in [2.75, 3.05) is 0 Å². The van der Waals surface area contributed by atoms with E-state index in [0.717, 1.165) is 11.3 Å². The molecular weight excluding hydrogens is 439 g/mol. The number of nitrogens with zero attached hydrogens (tertiary/aromatic N) is 1. The summed E-state index contributed by atoms with van der Waals surface area (Å²) in [7, 11) is 0. The number of urea groups is 1. The molecule has 0 spiro atoms. The monoisotopic (exact) mass is 457 g/mol. The van der Waals surface area contributed by atoms with Crippen molar-refractivity contribution in [2.45, 2.75) is 32.2 Å². The molecule has 2 heterocycles. The van der Waals surface area contributed by atoms with Crippen LogP contribution in [0.4, 0.5) is 18.0 Å². The molecule has 3 rings (SSSR count). The van der Waals surface area contributed by atoms with Crippen molar-refractivity contribution in [2.24, 2.45) is 5.73 Å². The molecule has 160 valence electrons. The predicted molar refractivity (Wildman–Crippen MR) is 109 cm³/mol. The van der Waals surface area contributed by atoms with Crippen LogP contribution in [-0.4, -0.2) is 23.3 Å². The highest BCUT2D eigenvalue weighted by atomic mass is 32.1. The maximum Gasteiger partial charge on any atom is 0.413 e. The number of thiophene rings is 1. The largest absolute Gasteiger partial charge is 0.491 e. The summed E-state index contributed by atoms with van der Waals surface area (Å²) in [4.78, 5) is 16.2. The number of hydrogen-bond donors (Lipinski definition) is 2. The average Bonchev–Trinajstić information content (AvgIpc) is 3.29. The Morgan fingerprint density at radius 2 is 1.73 bits per heavy atom. The Morgan fingerprint density at radius 1 is 1.07 bits per heavy atom. The molecule has 0 fully saturated rings. The zero-order valence-corrected chi connectivity index (χ0v) is 17.5. The van der Waals surface area contributed by atoms with Gasteiger partial charge in [0.1, 0.15) is 11.5 Å². The highest BCUT2D eigenvalue weighted by Crippen LogP contribution is 2.41. The lowest BCUT2D eigenvalue weighted by atomic mass is 10.2. The van der Waals surface area contributed by atoms with Crippen molar-refractivity contribution in [1.82, 2.24) is 10.3 Å². The Balaban J connectivity index is 1.73. The number of ether oxygens (including phenoxy) is 2. The minimum Gasteiger partial charge on any atom is -0.491 e. The zero-order valence-electron chi connectivity index (χ0n) is 15.9. The van der Waals surface area contributed by atoms with Crippen molar-refractivity contribution in [3.05, 3.63) is 47.5 Å². The van der Waals surface area contributed by atoms with Gasteiger partial charge in [0.25, 0.3) is 5.19 Å². The number of aromatic nitrogens is 1. The molecule has 3 aromatic rings. The lowest BCUT2D eigenvalue weighted by Crippen LogP contribution is -2.40. The molecule has 0 saturated carbocycles. The predicted octanol–water partition coefficient (Wildman–Crippen LogP) is 5.72. The number of hydrogen-bond acceptors (Lipinski definition) is 6. The second-order valence-electron chi connectivity index (χ2n) is 6.42. The van der Waals surface area contributed by atoms with Crippen LogP contribution in [0.1, 0.15) is 24.8 Å². The minimum absolute atomic E-state index is 0.0593. The lowest BCUT2D eigenvalue weighted by Gasteiger charge is -2.19. The third-order valence-electron chi connectivity index (χ3n) is 3.65. The second kappa shape index (κ2) is 8.92. The van der Waals surface area contributed by atoms with E-state index < -0.39 is 18.2 Å². The fourth-order valence-corrected chi connectivity index (χ4v) is 4.42. The highest BCUT2D eigenvalue weighted by Gasteiger charge is 2.42. The van der Waals surface area contributed by atoms with Crippen LogP contribution in [-0.2, 0) is 0 Å². The number of thiazole rings is 1. The number of halogens is 3. The molecule has 0 radical (unpaired) electrons. The quantitative estimate of drug-likeness (QED) is 0.475. The molecule has 0 bridgehead atoms. The van der Waals surface area contributed by atoms with E-state index in [1.807, 2.05) is 13.8 Å². The summed E-state index contributed by atoms with van der Waals surface area (Å²) in [5.41, 5.74) is 4.88. The molecule has 0 saturated heterocycles. The van der Waals surface area contributed by atoms with Crippen LogP contribution in [0, 0.1) is 0 Å². The Bertz CT molecular complexity index is 1000. The van der Waals surface area contributed by atoms with Gasteiger partial charge in [-0.2, -0.15) is 13.2 Å². The van der Waals surface area contributed by atoms with E-state index in [4.69, 9.17) is 15.2 Å². The van der Waals surface area contributed by atoms with Crippen molar-refractivity contribution >= 4 is 28.7 Å². The van der Waals surface area contributed by atoms with Gasteiger partial charge >= 0.3 is 12.2 Å². The molecule has 6 nitrogen and oxygen atoms in total. The maximum absolute atomic E-state index is 13.2. The van der Waals surface area contributed by atoms with Gasteiger partial charge in [0, 0.05) is 9.75 Å². The van der Waals surface area contributed by atoms with E-state index >= 15 is 0 Å². The van der Waals surface area contributed by atoms with Gasteiger partial charge in [-0.3, -0.25) is 0 Å². The number of carbonyl (C=O) groups excluding carboxylic acids is 1. The van der Waals surface area contributed by atoms with E-state index in [9.17, 15) is 18.0 Å². The molecule has 2 aromatic heterocycles. The fraction of sp³-hybridized carbons (Fsp3) is 0.263. The van der Waals surface area contributed by atoms with E-state index in [2.05, 4.69) is 4.98 Å². The molecule has 30 heavy (non-hydrogen) atoms. The van der Waals surface area contributed by atoms with Gasteiger partial charge in [0.05, 0.1) is 17.2 Å². The molecule has 1 unspecified atom stereocenters. The number of nitrogens with one attached hydrogen (secondary N) is 1. The van der Waals surface area contributed by atoms with Crippen molar-refractivity contribution < 1.29 is 27.4 Å². The SMILES string of the molecule is CC(C)Oc1ccc(Oc2ncc(-c3ccc(C(NC(N)=O)C(F)(F)F)s3)s2)cc1. The third kappa shape index (κ3) is 5.63. The van der Waals surface area contributed by atoms with Gasteiger partial charge < -0.3 is 20.5 Å². The number of benzene rings is 1. The van der Waals surface area contributed by atoms with Gasteiger partial charge in [-0.25, -0.2) is 9.78 Å². The van der Waals surface area contributed by atoms with Crippen molar-refractivity contribution in [1.29, 1.82) is 0 Å². The minimum atomic E-state index is -4.66. The summed E-state index contributed by atoms with van der Waals surface area (Å²) < 4.78 is 50.9. The Kier molecular flexibility index (Phi) is 6.52. The van der Waals surface area contributed by atoms with Gasteiger partial charge in [0.15, 0.2) is 6.04 Å². The molecule has 0 aliphatic rings. The summed E-state index contributed by atoms with van der Waals surface area (Å²) in [5.74, 6) is 1.27. The molecule has 0 aliphatic heterocycles. The Labute approximate surface area is 178 Å². The smallest absolute Gasteiger partial charge is 0.413 e. The molecule has 1 atom stereocenters. The summed E-state index contributed by atoms with van der Waals surface area (Å²) in [6, 6.07) is 6.47. The first kappa shape index (κ1) is 21.9. The van der Waals surface area contributed by atoms with Crippen LogP contribution in [0.2, 0.25) is 0 Å². The Hall–Kier alpha value is -2.79. The zero-order chi connectivity index (χ0) is 21.9. The highest BCUT2D eigenvalue weighted by molar-refractivity contribution is 7.22. The van der Waals surface area contributed by atoms with Crippen molar-refractivity contribution in [3.63, 3.8) is 0 Å². The van der Waals surface area contributed by atoms with Crippen molar-refractivity contribution in [3.8, 4) is 26.4 Å². The fourth-order valence-electron chi connectivity index (χ4n) is 2.48.